The molecule has 1 aromatic heterocycles. The van der Waals surface area contributed by atoms with E-state index in [4.69, 9.17) is 0 Å². The first-order chi connectivity index (χ1) is 11.5. The summed E-state index contributed by atoms with van der Waals surface area (Å²) in [5, 5.41) is 5.29. The van der Waals surface area contributed by atoms with E-state index in [0.29, 0.717) is 29.4 Å². The molecule has 0 bridgehead atoms. The van der Waals surface area contributed by atoms with Crippen LogP contribution in [0, 0.1) is 5.82 Å². The van der Waals surface area contributed by atoms with Gasteiger partial charge in [0.05, 0.1) is 18.2 Å². The number of nitrogens with one attached hydrogen (secondary N) is 1. The summed E-state index contributed by atoms with van der Waals surface area (Å²) >= 11 is 1.37. The van der Waals surface area contributed by atoms with Crippen LogP contribution in [0.5, 0.6) is 0 Å². The molecule has 1 aromatic carbocycles. The minimum absolute atomic E-state index is 0.0834. The van der Waals surface area contributed by atoms with Gasteiger partial charge in [-0.15, -0.1) is 11.3 Å². The summed E-state index contributed by atoms with van der Waals surface area (Å²) in [6.07, 6.45) is 1.54. The Balaban J connectivity index is 1.59. The van der Waals surface area contributed by atoms with E-state index >= 15 is 0 Å². The highest BCUT2D eigenvalue weighted by atomic mass is 32.1. The smallest absolute Gasteiger partial charge is 0.228 e. The van der Waals surface area contributed by atoms with Crippen LogP contribution in [0.4, 0.5) is 9.52 Å². The first-order valence-corrected chi connectivity index (χ1v) is 8.70. The van der Waals surface area contributed by atoms with Crippen molar-refractivity contribution in [1.82, 2.24) is 10.3 Å². The molecule has 24 heavy (non-hydrogen) atoms. The quantitative estimate of drug-likeness (QED) is 0.905. The van der Waals surface area contributed by atoms with Gasteiger partial charge in [-0.3, -0.25) is 14.5 Å². The molecular formula is C17H18FN3O2S. The van der Waals surface area contributed by atoms with Crippen LogP contribution < -0.4 is 10.2 Å². The van der Waals surface area contributed by atoms with Crippen molar-refractivity contribution in [3.8, 4) is 0 Å². The number of benzene rings is 1. The average Bonchev–Trinajstić information content (AvgIpc) is 3.15. The number of hydrogen-bond donors (Lipinski definition) is 1. The standard InChI is InChI=1S/C17H18FN3O2S/c1-11(12-4-2-5-13(18)8-12)19-15(22)9-14-10-24-17(20-14)21-7-3-6-16(21)23/h2,4-5,8,10-11H,3,6-7,9H2,1H3,(H,19,22)/t11-/m1/s1. The van der Waals surface area contributed by atoms with Crippen molar-refractivity contribution < 1.29 is 14.0 Å². The van der Waals surface area contributed by atoms with Gasteiger partial charge in [0.1, 0.15) is 5.82 Å². The van der Waals surface area contributed by atoms with Crippen molar-refractivity contribution in [2.45, 2.75) is 32.2 Å². The maximum Gasteiger partial charge on any atom is 0.228 e. The first kappa shape index (κ1) is 16.6. The third-order valence-corrected chi connectivity index (χ3v) is 4.82. The molecule has 0 spiro atoms. The third kappa shape index (κ3) is 3.79. The van der Waals surface area contributed by atoms with Gasteiger partial charge >= 0.3 is 0 Å². The van der Waals surface area contributed by atoms with Crippen LogP contribution in [0.15, 0.2) is 29.6 Å². The number of carbonyl (C=O) groups is 2. The lowest BCUT2D eigenvalue weighted by atomic mass is 10.1. The van der Waals surface area contributed by atoms with Crippen LogP contribution in [0.1, 0.15) is 37.1 Å². The van der Waals surface area contributed by atoms with Gasteiger partial charge in [0.2, 0.25) is 11.8 Å². The SMILES string of the molecule is C[C@@H](NC(=O)Cc1csc(N2CCCC2=O)n1)c1cccc(F)c1. The third-order valence-electron chi connectivity index (χ3n) is 3.91. The van der Waals surface area contributed by atoms with Gasteiger partial charge in [-0.25, -0.2) is 9.37 Å². The molecule has 0 aliphatic carbocycles. The minimum Gasteiger partial charge on any atom is -0.349 e. The van der Waals surface area contributed by atoms with Crippen molar-refractivity contribution in [2.75, 3.05) is 11.4 Å². The second kappa shape index (κ2) is 7.09. The highest BCUT2D eigenvalue weighted by Gasteiger charge is 2.24. The molecule has 5 nitrogen and oxygen atoms in total. The predicted octanol–water partition coefficient (Wildman–Crippen LogP) is 2.83. The summed E-state index contributed by atoms with van der Waals surface area (Å²) in [7, 11) is 0. The molecule has 1 aliphatic rings. The molecule has 3 rings (SSSR count). The summed E-state index contributed by atoms with van der Waals surface area (Å²) in [6.45, 7) is 2.50. The number of anilines is 1. The lowest BCUT2D eigenvalue weighted by Crippen LogP contribution is -2.28. The molecule has 7 heteroatoms. The van der Waals surface area contributed by atoms with E-state index in [9.17, 15) is 14.0 Å². The van der Waals surface area contributed by atoms with Crippen molar-refractivity contribution in [2.24, 2.45) is 0 Å². The van der Waals surface area contributed by atoms with E-state index in [1.165, 1.54) is 23.5 Å². The molecule has 2 amide bonds. The van der Waals surface area contributed by atoms with E-state index in [1.807, 2.05) is 6.92 Å². The zero-order valence-corrected chi connectivity index (χ0v) is 14.1. The second-order valence-corrected chi connectivity index (χ2v) is 6.63. The van der Waals surface area contributed by atoms with Crippen molar-refractivity contribution in [3.63, 3.8) is 0 Å². The number of nitrogens with zero attached hydrogens (tertiary/aromatic N) is 2. The maximum atomic E-state index is 13.2. The number of rotatable bonds is 5. The van der Waals surface area contributed by atoms with E-state index in [2.05, 4.69) is 10.3 Å². The molecule has 1 aliphatic heterocycles. The summed E-state index contributed by atoms with van der Waals surface area (Å²) in [4.78, 5) is 29.9. The van der Waals surface area contributed by atoms with Crippen LogP contribution in [-0.4, -0.2) is 23.3 Å². The van der Waals surface area contributed by atoms with Gasteiger partial charge in [-0.2, -0.15) is 0 Å². The summed E-state index contributed by atoms with van der Waals surface area (Å²) in [5.74, 6) is -0.426. The first-order valence-electron chi connectivity index (χ1n) is 7.82. The van der Waals surface area contributed by atoms with Gasteiger partial charge in [0.15, 0.2) is 5.13 Å². The monoisotopic (exact) mass is 347 g/mol. The summed E-state index contributed by atoms with van der Waals surface area (Å²) in [5.41, 5.74) is 1.35. The number of thiazole rings is 1. The molecule has 126 valence electrons. The summed E-state index contributed by atoms with van der Waals surface area (Å²) in [6, 6.07) is 5.88. The number of aromatic nitrogens is 1. The molecule has 0 unspecified atom stereocenters. The molecule has 1 atom stereocenters. The van der Waals surface area contributed by atoms with Gasteiger partial charge in [0.25, 0.3) is 0 Å². The van der Waals surface area contributed by atoms with E-state index in [0.717, 1.165) is 6.42 Å². The molecule has 1 N–H and O–H groups in total. The molecule has 1 saturated heterocycles. The van der Waals surface area contributed by atoms with Gasteiger partial charge in [0, 0.05) is 18.3 Å². The molecule has 1 fully saturated rings. The Morgan fingerprint density at radius 3 is 3.04 bits per heavy atom. The Hall–Kier alpha value is -2.28. The fraction of sp³-hybridized carbons (Fsp3) is 0.353. The Kier molecular flexibility index (Phi) is 4.89. The van der Waals surface area contributed by atoms with Crippen LogP contribution in [0.2, 0.25) is 0 Å². The number of carbonyl (C=O) groups excluding carboxylic acids is 2. The molecule has 2 heterocycles. The zero-order valence-electron chi connectivity index (χ0n) is 13.3. The zero-order chi connectivity index (χ0) is 17.1. The van der Waals surface area contributed by atoms with Gasteiger partial charge in [-0.05, 0) is 31.0 Å². The normalized spacial score (nSPS) is 15.6. The van der Waals surface area contributed by atoms with Crippen LogP contribution >= 0.6 is 11.3 Å². The average molecular weight is 347 g/mol. The topological polar surface area (TPSA) is 62.3 Å². The molecule has 0 saturated carbocycles. The lowest BCUT2D eigenvalue weighted by molar-refractivity contribution is -0.121. The van der Waals surface area contributed by atoms with Crippen molar-refractivity contribution in [1.29, 1.82) is 0 Å². The number of amides is 2. The molecule has 0 radical (unpaired) electrons. The van der Waals surface area contributed by atoms with Gasteiger partial charge in [-0.1, -0.05) is 12.1 Å². The second-order valence-electron chi connectivity index (χ2n) is 5.79. The fourth-order valence-corrected chi connectivity index (χ4v) is 3.54. The minimum atomic E-state index is -0.326. The largest absolute Gasteiger partial charge is 0.349 e. The number of hydrogen-bond acceptors (Lipinski definition) is 4. The van der Waals surface area contributed by atoms with Crippen LogP contribution in [0.25, 0.3) is 0 Å². The highest BCUT2D eigenvalue weighted by molar-refractivity contribution is 7.14. The van der Waals surface area contributed by atoms with Crippen molar-refractivity contribution in [3.05, 3.63) is 46.7 Å². The highest BCUT2D eigenvalue weighted by Crippen LogP contribution is 2.25. The van der Waals surface area contributed by atoms with Crippen molar-refractivity contribution >= 4 is 28.3 Å². The van der Waals surface area contributed by atoms with Crippen LogP contribution in [-0.2, 0) is 16.0 Å². The Morgan fingerprint density at radius 1 is 1.50 bits per heavy atom. The molecular weight excluding hydrogens is 329 g/mol. The number of halogens is 1. The summed E-state index contributed by atoms with van der Waals surface area (Å²) < 4.78 is 13.2. The van der Waals surface area contributed by atoms with E-state index < -0.39 is 0 Å². The maximum absolute atomic E-state index is 13.2. The molecule has 2 aromatic rings. The fourth-order valence-electron chi connectivity index (χ4n) is 2.67. The van der Waals surface area contributed by atoms with E-state index in [-0.39, 0.29) is 30.1 Å². The van der Waals surface area contributed by atoms with Crippen LogP contribution in [0.3, 0.4) is 0 Å². The Labute approximate surface area is 143 Å². The van der Waals surface area contributed by atoms with E-state index in [1.54, 1.807) is 22.4 Å². The van der Waals surface area contributed by atoms with Gasteiger partial charge < -0.3 is 5.32 Å². The Bertz CT molecular complexity index is 762. The lowest BCUT2D eigenvalue weighted by Gasteiger charge is -2.14. The Morgan fingerprint density at radius 2 is 2.33 bits per heavy atom. The predicted molar refractivity (Wildman–Crippen MR) is 90.4 cm³/mol.